The first-order valence-electron chi connectivity index (χ1n) is 9.78. The summed E-state index contributed by atoms with van der Waals surface area (Å²) in [7, 11) is 6.52. The van der Waals surface area contributed by atoms with Gasteiger partial charge in [-0.15, -0.1) is 0 Å². The molecule has 28 heavy (non-hydrogen) atoms. The lowest BCUT2D eigenvalue weighted by Gasteiger charge is -2.24. The van der Waals surface area contributed by atoms with Crippen LogP contribution < -0.4 is 14.2 Å². The van der Waals surface area contributed by atoms with Crippen LogP contribution in [-0.2, 0) is 9.59 Å². The molecule has 2 atom stereocenters. The largest absolute Gasteiger partial charge is 0.493 e. The highest BCUT2D eigenvalue weighted by molar-refractivity contribution is 5.85. The van der Waals surface area contributed by atoms with Crippen LogP contribution in [0.3, 0.4) is 0 Å². The Morgan fingerprint density at radius 3 is 2.14 bits per heavy atom. The molecule has 2 fully saturated rings. The summed E-state index contributed by atoms with van der Waals surface area (Å²) in [5.74, 6) is 1.61. The van der Waals surface area contributed by atoms with Crippen LogP contribution in [0.2, 0.25) is 0 Å². The minimum absolute atomic E-state index is 0.0624. The van der Waals surface area contributed by atoms with Crippen LogP contribution >= 0.6 is 0 Å². The first-order valence-corrected chi connectivity index (χ1v) is 9.78. The molecule has 7 heteroatoms. The second-order valence-electron chi connectivity index (χ2n) is 7.54. The Balaban J connectivity index is 1.98. The van der Waals surface area contributed by atoms with E-state index in [1.165, 1.54) is 0 Å². The molecule has 2 aliphatic rings. The van der Waals surface area contributed by atoms with Gasteiger partial charge in [-0.25, -0.2) is 0 Å². The summed E-state index contributed by atoms with van der Waals surface area (Å²) in [6.07, 6.45) is 1.91. The topological polar surface area (TPSA) is 68.3 Å². The number of amides is 2. The van der Waals surface area contributed by atoms with E-state index in [-0.39, 0.29) is 29.6 Å². The Morgan fingerprint density at radius 1 is 1.07 bits per heavy atom. The van der Waals surface area contributed by atoms with Crippen LogP contribution in [0.15, 0.2) is 12.1 Å². The predicted octanol–water partition coefficient (Wildman–Crippen LogP) is 2.14. The van der Waals surface area contributed by atoms with Gasteiger partial charge >= 0.3 is 0 Å². The number of hydrogen-bond acceptors (Lipinski definition) is 5. The van der Waals surface area contributed by atoms with Crippen molar-refractivity contribution in [3.63, 3.8) is 0 Å². The average Bonchev–Trinajstić information content (AvgIpc) is 3.48. The number of likely N-dealkylation sites (tertiary alicyclic amines) is 1. The molecule has 7 nitrogen and oxygen atoms in total. The summed E-state index contributed by atoms with van der Waals surface area (Å²) in [6, 6.07) is 3.78. The van der Waals surface area contributed by atoms with Crippen molar-refractivity contribution in [3.8, 4) is 17.2 Å². The van der Waals surface area contributed by atoms with Crippen molar-refractivity contribution in [2.75, 3.05) is 48.0 Å². The minimum atomic E-state index is -0.282. The van der Waals surface area contributed by atoms with Gasteiger partial charge in [0, 0.05) is 38.5 Å². The van der Waals surface area contributed by atoms with Crippen molar-refractivity contribution in [3.05, 3.63) is 17.7 Å². The van der Waals surface area contributed by atoms with Gasteiger partial charge in [0.1, 0.15) is 0 Å². The smallest absolute Gasteiger partial charge is 0.227 e. The summed E-state index contributed by atoms with van der Waals surface area (Å²) in [5.41, 5.74) is 0.920. The predicted molar refractivity (Wildman–Crippen MR) is 105 cm³/mol. The van der Waals surface area contributed by atoms with E-state index < -0.39 is 0 Å². The lowest BCUT2D eigenvalue weighted by molar-refractivity contribution is -0.135. The Hall–Kier alpha value is -2.44. The lowest BCUT2D eigenvalue weighted by Crippen LogP contribution is -2.37. The van der Waals surface area contributed by atoms with Crippen LogP contribution in [0.25, 0.3) is 0 Å². The van der Waals surface area contributed by atoms with Crippen molar-refractivity contribution in [2.45, 2.75) is 25.7 Å². The second kappa shape index (κ2) is 8.29. The first-order chi connectivity index (χ1) is 13.4. The van der Waals surface area contributed by atoms with Gasteiger partial charge in [0.05, 0.1) is 27.2 Å². The fourth-order valence-electron chi connectivity index (χ4n) is 3.91. The van der Waals surface area contributed by atoms with Crippen LogP contribution in [0, 0.1) is 11.8 Å². The summed E-state index contributed by atoms with van der Waals surface area (Å²) >= 11 is 0. The number of benzene rings is 1. The number of rotatable bonds is 7. The maximum atomic E-state index is 13.0. The van der Waals surface area contributed by atoms with E-state index in [2.05, 4.69) is 0 Å². The third kappa shape index (κ3) is 3.75. The summed E-state index contributed by atoms with van der Waals surface area (Å²) < 4.78 is 16.4. The number of carbonyl (C=O) groups is 2. The van der Waals surface area contributed by atoms with Gasteiger partial charge in [-0.2, -0.15) is 0 Å². The van der Waals surface area contributed by atoms with Crippen LogP contribution in [0.1, 0.15) is 31.2 Å². The minimum Gasteiger partial charge on any atom is -0.493 e. The van der Waals surface area contributed by atoms with Crippen molar-refractivity contribution in [1.82, 2.24) is 9.80 Å². The molecule has 1 aliphatic heterocycles. The SMILES string of the molecule is CCN(C)C(=O)C1CN(C(=O)C2CC2)CC1c1cc(OC)c(OC)c(OC)c1. The van der Waals surface area contributed by atoms with E-state index in [0.29, 0.717) is 36.9 Å². The molecule has 0 radical (unpaired) electrons. The van der Waals surface area contributed by atoms with Gasteiger partial charge in [-0.05, 0) is 37.5 Å². The van der Waals surface area contributed by atoms with Gasteiger partial charge in [-0.3, -0.25) is 9.59 Å². The van der Waals surface area contributed by atoms with E-state index in [4.69, 9.17) is 14.2 Å². The molecule has 1 aromatic carbocycles. The zero-order chi connectivity index (χ0) is 20.4. The molecule has 0 aromatic heterocycles. The fraction of sp³-hybridized carbons (Fsp3) is 0.619. The molecule has 154 valence electrons. The van der Waals surface area contributed by atoms with Crippen LogP contribution in [0.4, 0.5) is 0 Å². The van der Waals surface area contributed by atoms with E-state index in [0.717, 1.165) is 18.4 Å². The highest BCUT2D eigenvalue weighted by atomic mass is 16.5. The summed E-state index contributed by atoms with van der Waals surface area (Å²) in [6.45, 7) is 3.57. The molecular formula is C21H30N2O5. The van der Waals surface area contributed by atoms with Crippen molar-refractivity contribution in [1.29, 1.82) is 0 Å². The zero-order valence-corrected chi connectivity index (χ0v) is 17.4. The molecule has 1 aliphatic carbocycles. The van der Waals surface area contributed by atoms with Gasteiger partial charge in [0.2, 0.25) is 17.6 Å². The quantitative estimate of drug-likeness (QED) is 0.714. The molecule has 2 amide bonds. The Bertz CT molecular complexity index is 721. The molecule has 0 spiro atoms. The average molecular weight is 390 g/mol. The first kappa shape index (κ1) is 20.3. The van der Waals surface area contributed by atoms with Crippen molar-refractivity contribution >= 4 is 11.8 Å². The zero-order valence-electron chi connectivity index (χ0n) is 17.4. The van der Waals surface area contributed by atoms with Crippen LogP contribution in [0.5, 0.6) is 17.2 Å². The molecule has 2 unspecified atom stereocenters. The number of nitrogens with zero attached hydrogens (tertiary/aromatic N) is 2. The van der Waals surface area contributed by atoms with E-state index >= 15 is 0 Å². The van der Waals surface area contributed by atoms with Gasteiger partial charge in [0.15, 0.2) is 11.5 Å². The standard InChI is InChI=1S/C21H30N2O5/c1-6-22(2)21(25)16-12-23(20(24)13-7-8-13)11-15(16)14-9-17(26-3)19(28-5)18(10-14)27-4/h9-10,13,15-16H,6-8,11-12H2,1-5H3. The lowest BCUT2D eigenvalue weighted by atomic mass is 9.87. The monoisotopic (exact) mass is 390 g/mol. The Morgan fingerprint density at radius 2 is 1.68 bits per heavy atom. The summed E-state index contributed by atoms with van der Waals surface area (Å²) in [4.78, 5) is 29.3. The van der Waals surface area contributed by atoms with E-state index in [9.17, 15) is 9.59 Å². The summed E-state index contributed by atoms with van der Waals surface area (Å²) in [5, 5.41) is 0. The molecule has 0 N–H and O–H groups in total. The van der Waals surface area contributed by atoms with Gasteiger partial charge < -0.3 is 24.0 Å². The third-order valence-electron chi connectivity index (χ3n) is 5.84. The third-order valence-corrected chi connectivity index (χ3v) is 5.84. The van der Waals surface area contributed by atoms with Gasteiger partial charge in [-0.1, -0.05) is 0 Å². The van der Waals surface area contributed by atoms with Gasteiger partial charge in [0.25, 0.3) is 0 Å². The van der Waals surface area contributed by atoms with Crippen LogP contribution in [-0.4, -0.2) is 69.6 Å². The van der Waals surface area contributed by atoms with Crippen molar-refractivity contribution < 1.29 is 23.8 Å². The number of ether oxygens (including phenoxy) is 3. The molecular weight excluding hydrogens is 360 g/mol. The molecule has 3 rings (SSSR count). The Kier molecular flexibility index (Phi) is 6.01. The molecule has 1 saturated heterocycles. The molecule has 1 saturated carbocycles. The van der Waals surface area contributed by atoms with E-state index in [1.54, 1.807) is 33.3 Å². The molecule has 1 aromatic rings. The molecule has 1 heterocycles. The highest BCUT2D eigenvalue weighted by Crippen LogP contribution is 2.44. The number of carbonyl (C=O) groups excluding carboxylic acids is 2. The highest BCUT2D eigenvalue weighted by Gasteiger charge is 2.44. The maximum absolute atomic E-state index is 13.0. The number of methoxy groups -OCH3 is 3. The second-order valence-corrected chi connectivity index (χ2v) is 7.54. The normalized spacial score (nSPS) is 21.4. The van der Waals surface area contributed by atoms with Crippen molar-refractivity contribution in [2.24, 2.45) is 11.8 Å². The van der Waals surface area contributed by atoms with E-state index in [1.807, 2.05) is 24.0 Å². The maximum Gasteiger partial charge on any atom is 0.227 e. The Labute approximate surface area is 166 Å². The number of hydrogen-bond donors (Lipinski definition) is 0. The fourth-order valence-corrected chi connectivity index (χ4v) is 3.91. The molecule has 0 bridgehead atoms.